The highest BCUT2D eigenvalue weighted by atomic mass is 35.5. The van der Waals surface area contributed by atoms with E-state index >= 15 is 0 Å². The first-order valence-corrected chi connectivity index (χ1v) is 48.4. The van der Waals surface area contributed by atoms with Gasteiger partial charge in [-0.1, -0.05) is 104 Å². The molecule has 8 aromatic heterocycles. The maximum Gasteiger partial charge on any atom is 0.279 e. The van der Waals surface area contributed by atoms with Crippen molar-refractivity contribution in [2.75, 3.05) is 98.4 Å². The van der Waals surface area contributed by atoms with Crippen LogP contribution in [-0.2, 0) is 40.1 Å². The number of nitrogens with zero attached hydrogens (tertiary/aromatic N) is 19. The number of hydrogen-bond acceptors (Lipinski definition) is 27. The van der Waals surface area contributed by atoms with Crippen LogP contribution in [0.25, 0.3) is 22.7 Å². The first-order chi connectivity index (χ1) is 64.6. The molecule has 0 aliphatic carbocycles. The fraction of sp³-hybridized carbons (Fsp3) is 0.484. The standard InChI is InChI=1S/2C25H30Cl2N6O3.C24H28Cl2N6O3.C19H22Cl3N5O2/c2*1-14-23(32-11-8-25(9-12-32)13-35-15(2)22(25)28)29-16(3)33(24(14)34)17-5-6-18(21(27)20(17)26)36-19-7-10-31(4)30-19;1-14-23(27)24(13-34-14)7-10-31(11-8-24)18-12-20(33)32(15(2)28-18)16-4-5-17(22(26)21(16)25)35-19-6-9-30(3)29-19;1-10-15(23)19(9-29-10)4-7-26(8-5-19)17-14(21)18(28)27(11(2)25-17)12-3-6-24-16(22)13(12)20/h2*5-7,10,15,22H,8-9,11-13,28H2,1-4H3;4-6,9,12,14,23H,7-8,10-11,13,27H2,1-3H3;3,6,10,15H,4-5,7-9,23H2,1-2H3/t2*15-,22+;14-,23+;10-,15+/m0000/s1. The lowest BCUT2D eigenvalue weighted by Crippen LogP contribution is -2.51. The van der Waals surface area contributed by atoms with Crippen LogP contribution in [-0.4, -0.2) is 200 Å². The van der Waals surface area contributed by atoms with Crippen molar-refractivity contribution in [2.45, 2.75) is 169 Å². The minimum atomic E-state index is -0.395. The van der Waals surface area contributed by atoms with Gasteiger partial charge in [0, 0.05) is 168 Å². The van der Waals surface area contributed by atoms with Crippen LogP contribution in [0.4, 0.5) is 23.3 Å². The summed E-state index contributed by atoms with van der Waals surface area (Å²) in [5.41, 5.74) is 27.6. The maximum absolute atomic E-state index is 13.6. The van der Waals surface area contributed by atoms with Gasteiger partial charge in [0.25, 0.3) is 22.2 Å². The Morgan fingerprint density at radius 1 is 0.353 bits per heavy atom. The van der Waals surface area contributed by atoms with Crippen molar-refractivity contribution in [3.05, 3.63) is 213 Å². The van der Waals surface area contributed by atoms with Gasteiger partial charge in [0.05, 0.1) is 99.8 Å². The van der Waals surface area contributed by atoms with Gasteiger partial charge in [-0.15, -0.1) is 15.3 Å². The van der Waals surface area contributed by atoms with Crippen LogP contribution >= 0.6 is 104 Å². The molecule has 726 valence electrons. The molecular weight excluding hydrogens is 1930 g/mol. The highest BCUT2D eigenvalue weighted by molar-refractivity contribution is 6.45. The lowest BCUT2D eigenvalue weighted by Gasteiger charge is -2.42. The zero-order valence-corrected chi connectivity index (χ0v) is 84.4. The molecule has 3 aromatic carbocycles. The first kappa shape index (κ1) is 99.8. The van der Waals surface area contributed by atoms with Crippen LogP contribution in [0.2, 0.25) is 45.3 Å². The third kappa shape index (κ3) is 19.3. The smallest absolute Gasteiger partial charge is 0.279 e. The van der Waals surface area contributed by atoms with Crippen molar-refractivity contribution in [2.24, 2.45) is 65.7 Å². The molecule has 8 N–H and O–H groups in total. The first-order valence-electron chi connectivity index (χ1n) is 45.0. The topological polar surface area (TPSA) is 388 Å². The second-order valence-corrected chi connectivity index (χ2v) is 40.1. The molecule has 19 rings (SSSR count). The average Bonchev–Trinajstić information content (AvgIpc) is 1.70. The predicted octanol–water partition coefficient (Wildman–Crippen LogP) is 15.0. The Labute approximate surface area is 831 Å². The maximum atomic E-state index is 13.6. The molecule has 0 unspecified atom stereocenters. The molecule has 11 aromatic rings. The monoisotopic (exact) mass is 2040 g/mol. The van der Waals surface area contributed by atoms with Gasteiger partial charge in [0.15, 0.2) is 5.82 Å². The van der Waals surface area contributed by atoms with Crippen LogP contribution < -0.4 is 79.0 Å². The van der Waals surface area contributed by atoms with E-state index < -0.39 is 5.56 Å². The lowest BCUT2D eigenvalue weighted by atomic mass is 9.73. The largest absolute Gasteiger partial charge is 0.436 e. The number of aryl methyl sites for hydroxylation is 7. The van der Waals surface area contributed by atoms with E-state index in [1.165, 1.54) is 24.5 Å². The number of ether oxygens (including phenoxy) is 7. The van der Waals surface area contributed by atoms with Gasteiger partial charge in [0.1, 0.15) is 88.3 Å². The zero-order chi connectivity index (χ0) is 97.4. The molecule has 43 heteroatoms. The number of benzene rings is 3. The van der Waals surface area contributed by atoms with Gasteiger partial charge in [-0.05, 0) is 163 Å². The molecule has 34 nitrogen and oxygen atoms in total. The summed E-state index contributed by atoms with van der Waals surface area (Å²) in [7, 11) is 5.37. The molecule has 8 atom stereocenters. The molecule has 0 saturated carbocycles. The van der Waals surface area contributed by atoms with E-state index in [-0.39, 0.29) is 132 Å². The lowest BCUT2D eigenvalue weighted by molar-refractivity contribution is 0.0973. The van der Waals surface area contributed by atoms with Gasteiger partial charge >= 0.3 is 0 Å². The van der Waals surface area contributed by atoms with E-state index in [0.29, 0.717) is 155 Å². The fourth-order valence-electron chi connectivity index (χ4n) is 19.8. The summed E-state index contributed by atoms with van der Waals surface area (Å²) in [6.07, 6.45) is 14.2. The molecule has 4 spiro atoms. The number of halogens is 9. The van der Waals surface area contributed by atoms with E-state index in [2.05, 4.69) is 40.0 Å². The van der Waals surface area contributed by atoms with Gasteiger partial charge in [-0.3, -0.25) is 51.5 Å². The molecular formula is C93H110Cl9N23O11. The summed E-state index contributed by atoms with van der Waals surface area (Å²) in [4.78, 5) is 84.8. The highest BCUT2D eigenvalue weighted by Gasteiger charge is 2.52. The average molecular weight is 2050 g/mol. The van der Waals surface area contributed by atoms with Gasteiger partial charge < -0.3 is 75.7 Å². The molecule has 8 fully saturated rings. The van der Waals surface area contributed by atoms with Gasteiger partial charge in [-0.25, -0.2) is 24.9 Å². The van der Waals surface area contributed by atoms with E-state index in [4.69, 9.17) is 175 Å². The minimum absolute atomic E-state index is 0.00277. The van der Waals surface area contributed by atoms with Crippen LogP contribution in [0.15, 0.2) is 111 Å². The molecule has 16 heterocycles. The number of rotatable bonds is 14. The Morgan fingerprint density at radius 3 is 0.956 bits per heavy atom. The number of piperidine rings is 4. The number of hydrogen-bond donors (Lipinski definition) is 4. The number of aromatic nitrogens is 15. The van der Waals surface area contributed by atoms with Crippen LogP contribution in [0.5, 0.6) is 34.9 Å². The summed E-state index contributed by atoms with van der Waals surface area (Å²) in [5, 5.41) is 14.1. The Morgan fingerprint density at radius 2 is 0.647 bits per heavy atom. The highest BCUT2D eigenvalue weighted by Crippen LogP contribution is 2.49. The van der Waals surface area contributed by atoms with Gasteiger partial charge in [0.2, 0.25) is 17.6 Å². The Balaban J connectivity index is 0.000000132. The van der Waals surface area contributed by atoms with Crippen molar-refractivity contribution in [3.63, 3.8) is 0 Å². The normalized spacial score (nSPS) is 21.9. The van der Waals surface area contributed by atoms with Crippen LogP contribution in [0.1, 0.15) is 113 Å². The Kier molecular flexibility index (Phi) is 29.5. The summed E-state index contributed by atoms with van der Waals surface area (Å²) in [6, 6.07) is 18.5. The Hall–Kier alpha value is -9.15. The fourth-order valence-corrected chi connectivity index (χ4v) is 21.8. The van der Waals surface area contributed by atoms with Crippen molar-refractivity contribution < 1.29 is 33.2 Å². The molecule has 136 heavy (non-hydrogen) atoms. The molecule has 0 radical (unpaired) electrons. The molecule has 0 bridgehead atoms. The SMILES string of the molecule is Cc1c(N2CCC3(CC2)CO[C@@H](C)[C@H]3N)nc(C)n(-c2ccc(Oc3ccn(C)n3)c(Cl)c2Cl)c1=O.Cc1c(N2CCC3(CC2)CO[C@@H](C)[C@H]3N)nc(C)n(-c2ccc(Oc3ccn(C)n3)c(Cl)c2Cl)c1=O.Cc1nc(N2CCC3(CC2)CO[C@@H](C)[C@H]3N)c(Cl)c(=O)n1-c1ccnc(Cl)c1Cl.Cc1nc(N2CCC3(CC2)CO[C@@H](C)[C@H]3N)cc(=O)n1-c1ccc(Oc2ccn(C)n2)c(Cl)c1Cl. The third-order valence-corrected chi connectivity index (χ3v) is 32.0. The Bertz CT molecular complexity index is 6390. The number of anilines is 4. The second kappa shape index (κ2) is 40.2. The molecule has 8 aliphatic heterocycles. The number of nitrogens with two attached hydrogens (primary N) is 4. The summed E-state index contributed by atoms with van der Waals surface area (Å²) in [6.45, 7) is 27.6. The predicted molar refractivity (Wildman–Crippen MR) is 530 cm³/mol. The quantitative estimate of drug-likeness (QED) is 0.0735. The molecule has 0 amide bonds. The second-order valence-electron chi connectivity index (χ2n) is 36.7. The van der Waals surface area contributed by atoms with Gasteiger partial charge in [-0.2, -0.15) is 0 Å². The summed E-state index contributed by atoms with van der Waals surface area (Å²) < 4.78 is 51.2. The van der Waals surface area contributed by atoms with E-state index in [9.17, 15) is 19.2 Å². The van der Waals surface area contributed by atoms with Crippen molar-refractivity contribution >= 4 is 128 Å². The number of pyridine rings is 1. The molecule has 8 saturated heterocycles. The van der Waals surface area contributed by atoms with E-state index in [0.717, 1.165) is 90.6 Å². The third-order valence-electron chi connectivity index (χ3n) is 28.4. The van der Waals surface area contributed by atoms with E-state index in [1.807, 2.05) is 32.6 Å². The molecule has 8 aliphatic rings. The van der Waals surface area contributed by atoms with E-state index in [1.54, 1.807) is 162 Å². The van der Waals surface area contributed by atoms with Crippen molar-refractivity contribution in [3.8, 4) is 57.6 Å². The van der Waals surface area contributed by atoms with Crippen LogP contribution in [0.3, 0.4) is 0 Å². The zero-order valence-electron chi connectivity index (χ0n) is 77.6. The van der Waals surface area contributed by atoms with Crippen molar-refractivity contribution in [1.82, 2.24) is 72.5 Å². The summed E-state index contributed by atoms with van der Waals surface area (Å²) >= 11 is 58.1. The van der Waals surface area contributed by atoms with Crippen LogP contribution in [0, 0.1) is 63.2 Å². The minimum Gasteiger partial charge on any atom is -0.436 e. The van der Waals surface area contributed by atoms with Crippen molar-refractivity contribution in [1.29, 1.82) is 0 Å². The summed E-state index contributed by atoms with van der Waals surface area (Å²) in [5.74, 6) is 6.76.